The molecule has 2 nitrogen and oxygen atoms in total. The van der Waals surface area contributed by atoms with Crippen LogP contribution in [0.5, 0.6) is 0 Å². The summed E-state index contributed by atoms with van der Waals surface area (Å²) in [5.74, 6) is 0.740. The first kappa shape index (κ1) is 16.9. The molecule has 0 saturated heterocycles. The Morgan fingerprint density at radius 2 is 1.65 bits per heavy atom. The third-order valence-corrected chi connectivity index (χ3v) is 3.44. The standard InChI is InChI=1S/C15H34N2/c1-5-7-8-9-10-11-15(12-16)17(6-2)13-14(3)4/h14-15H,5-13,16H2,1-4H3. The van der Waals surface area contributed by atoms with Gasteiger partial charge in [0.1, 0.15) is 0 Å². The Labute approximate surface area is 109 Å². The van der Waals surface area contributed by atoms with E-state index in [0.29, 0.717) is 6.04 Å². The highest BCUT2D eigenvalue weighted by Crippen LogP contribution is 2.12. The van der Waals surface area contributed by atoms with Gasteiger partial charge in [0.2, 0.25) is 0 Å². The predicted molar refractivity (Wildman–Crippen MR) is 78.3 cm³/mol. The first-order chi connectivity index (χ1) is 8.15. The molecule has 0 aromatic carbocycles. The SMILES string of the molecule is CCCCCCCC(CN)N(CC)CC(C)C. The number of hydrogen-bond acceptors (Lipinski definition) is 2. The van der Waals surface area contributed by atoms with Crippen molar-refractivity contribution in [1.82, 2.24) is 4.90 Å². The van der Waals surface area contributed by atoms with Gasteiger partial charge in [-0.2, -0.15) is 0 Å². The van der Waals surface area contributed by atoms with E-state index < -0.39 is 0 Å². The third-order valence-electron chi connectivity index (χ3n) is 3.44. The van der Waals surface area contributed by atoms with Crippen molar-refractivity contribution in [2.24, 2.45) is 11.7 Å². The molecular weight excluding hydrogens is 208 g/mol. The van der Waals surface area contributed by atoms with Crippen LogP contribution in [0.3, 0.4) is 0 Å². The van der Waals surface area contributed by atoms with E-state index in [1.807, 2.05) is 0 Å². The van der Waals surface area contributed by atoms with Gasteiger partial charge in [-0.05, 0) is 18.9 Å². The fourth-order valence-corrected chi connectivity index (χ4v) is 2.44. The van der Waals surface area contributed by atoms with Crippen molar-refractivity contribution in [2.45, 2.75) is 72.3 Å². The molecule has 0 saturated carbocycles. The van der Waals surface area contributed by atoms with Crippen LogP contribution in [0.15, 0.2) is 0 Å². The molecule has 1 unspecified atom stereocenters. The number of rotatable bonds is 11. The second-order valence-corrected chi connectivity index (χ2v) is 5.57. The third kappa shape index (κ3) is 8.62. The molecule has 0 amide bonds. The Kier molecular flexibility index (Phi) is 11.0. The predicted octanol–water partition coefficient (Wildman–Crippen LogP) is 3.65. The van der Waals surface area contributed by atoms with E-state index in [1.165, 1.54) is 45.1 Å². The van der Waals surface area contributed by atoms with Crippen LogP contribution in [-0.4, -0.2) is 30.6 Å². The average Bonchev–Trinajstić information content (AvgIpc) is 2.31. The minimum atomic E-state index is 0.601. The largest absolute Gasteiger partial charge is 0.329 e. The Morgan fingerprint density at radius 1 is 1.00 bits per heavy atom. The maximum Gasteiger partial charge on any atom is 0.0218 e. The van der Waals surface area contributed by atoms with E-state index in [4.69, 9.17) is 5.73 Å². The topological polar surface area (TPSA) is 29.3 Å². The van der Waals surface area contributed by atoms with E-state index in [2.05, 4.69) is 32.6 Å². The lowest BCUT2D eigenvalue weighted by Crippen LogP contribution is -2.42. The Morgan fingerprint density at radius 3 is 2.12 bits per heavy atom. The summed E-state index contributed by atoms with van der Waals surface area (Å²) in [5.41, 5.74) is 5.92. The van der Waals surface area contributed by atoms with Crippen molar-refractivity contribution in [3.05, 3.63) is 0 Å². The lowest BCUT2D eigenvalue weighted by Gasteiger charge is -2.31. The molecule has 2 heteroatoms. The maximum atomic E-state index is 5.92. The Balaban J connectivity index is 3.85. The van der Waals surface area contributed by atoms with Gasteiger partial charge in [-0.3, -0.25) is 4.90 Å². The first-order valence-corrected chi connectivity index (χ1v) is 7.59. The van der Waals surface area contributed by atoms with Crippen LogP contribution in [0.1, 0.15) is 66.2 Å². The molecule has 2 N–H and O–H groups in total. The van der Waals surface area contributed by atoms with E-state index >= 15 is 0 Å². The lowest BCUT2D eigenvalue weighted by molar-refractivity contribution is 0.176. The average molecular weight is 242 g/mol. The van der Waals surface area contributed by atoms with Gasteiger partial charge in [0.25, 0.3) is 0 Å². The van der Waals surface area contributed by atoms with Gasteiger partial charge < -0.3 is 5.73 Å². The number of nitrogens with zero attached hydrogens (tertiary/aromatic N) is 1. The smallest absolute Gasteiger partial charge is 0.0218 e. The molecule has 0 bridgehead atoms. The zero-order chi connectivity index (χ0) is 13.1. The molecule has 17 heavy (non-hydrogen) atoms. The van der Waals surface area contributed by atoms with E-state index in [9.17, 15) is 0 Å². The molecule has 0 aromatic rings. The van der Waals surface area contributed by atoms with Gasteiger partial charge >= 0.3 is 0 Å². The first-order valence-electron chi connectivity index (χ1n) is 7.59. The van der Waals surface area contributed by atoms with Crippen LogP contribution in [-0.2, 0) is 0 Å². The van der Waals surface area contributed by atoms with E-state index in [0.717, 1.165) is 19.0 Å². The van der Waals surface area contributed by atoms with Crippen LogP contribution in [0.2, 0.25) is 0 Å². The molecule has 0 aromatic heterocycles. The molecule has 0 fully saturated rings. The van der Waals surface area contributed by atoms with Crippen molar-refractivity contribution < 1.29 is 0 Å². The minimum absolute atomic E-state index is 0.601. The number of unbranched alkanes of at least 4 members (excludes halogenated alkanes) is 4. The van der Waals surface area contributed by atoms with E-state index in [1.54, 1.807) is 0 Å². The summed E-state index contributed by atoms with van der Waals surface area (Å²) < 4.78 is 0. The monoisotopic (exact) mass is 242 g/mol. The van der Waals surface area contributed by atoms with Gasteiger partial charge in [0.15, 0.2) is 0 Å². The van der Waals surface area contributed by atoms with Crippen molar-refractivity contribution >= 4 is 0 Å². The van der Waals surface area contributed by atoms with Gasteiger partial charge in [-0.15, -0.1) is 0 Å². The Bertz CT molecular complexity index is 157. The number of likely N-dealkylation sites (N-methyl/N-ethyl adjacent to an activating group) is 1. The van der Waals surface area contributed by atoms with Crippen LogP contribution < -0.4 is 5.73 Å². The lowest BCUT2D eigenvalue weighted by atomic mass is 10.0. The highest BCUT2D eigenvalue weighted by Gasteiger charge is 2.15. The van der Waals surface area contributed by atoms with Crippen LogP contribution in [0, 0.1) is 5.92 Å². The summed E-state index contributed by atoms with van der Waals surface area (Å²) in [7, 11) is 0. The molecule has 0 rings (SSSR count). The van der Waals surface area contributed by atoms with Gasteiger partial charge in [-0.25, -0.2) is 0 Å². The summed E-state index contributed by atoms with van der Waals surface area (Å²) in [4.78, 5) is 2.56. The quantitative estimate of drug-likeness (QED) is 0.560. The van der Waals surface area contributed by atoms with Crippen LogP contribution >= 0.6 is 0 Å². The fraction of sp³-hybridized carbons (Fsp3) is 1.00. The number of hydrogen-bond donors (Lipinski definition) is 1. The van der Waals surface area contributed by atoms with Gasteiger partial charge in [-0.1, -0.05) is 59.8 Å². The highest BCUT2D eigenvalue weighted by atomic mass is 15.2. The molecule has 0 aliphatic heterocycles. The van der Waals surface area contributed by atoms with Crippen LogP contribution in [0.4, 0.5) is 0 Å². The summed E-state index contributed by atoms with van der Waals surface area (Å²) in [6, 6.07) is 0.601. The second kappa shape index (κ2) is 11.0. The normalized spacial score (nSPS) is 13.6. The van der Waals surface area contributed by atoms with E-state index in [-0.39, 0.29) is 0 Å². The molecular formula is C15H34N2. The van der Waals surface area contributed by atoms with Crippen molar-refractivity contribution in [1.29, 1.82) is 0 Å². The van der Waals surface area contributed by atoms with Crippen LogP contribution in [0.25, 0.3) is 0 Å². The van der Waals surface area contributed by atoms with Crippen molar-refractivity contribution in [3.63, 3.8) is 0 Å². The van der Waals surface area contributed by atoms with Crippen molar-refractivity contribution in [2.75, 3.05) is 19.6 Å². The maximum absolute atomic E-state index is 5.92. The van der Waals surface area contributed by atoms with Gasteiger partial charge in [0.05, 0.1) is 0 Å². The summed E-state index contributed by atoms with van der Waals surface area (Å²) in [5, 5.41) is 0. The molecule has 0 aliphatic rings. The number of nitrogens with two attached hydrogens (primary N) is 1. The zero-order valence-electron chi connectivity index (χ0n) is 12.5. The molecule has 104 valence electrons. The molecule has 0 radical (unpaired) electrons. The Hall–Kier alpha value is -0.0800. The summed E-state index contributed by atoms with van der Waals surface area (Å²) in [6.07, 6.45) is 8.11. The molecule has 0 aliphatic carbocycles. The van der Waals surface area contributed by atoms with Gasteiger partial charge in [0, 0.05) is 19.1 Å². The molecule has 1 atom stereocenters. The molecule has 0 spiro atoms. The molecule has 0 heterocycles. The summed E-state index contributed by atoms with van der Waals surface area (Å²) >= 11 is 0. The highest BCUT2D eigenvalue weighted by molar-refractivity contribution is 4.72. The summed E-state index contributed by atoms with van der Waals surface area (Å²) in [6.45, 7) is 12.2. The van der Waals surface area contributed by atoms with Crippen molar-refractivity contribution in [3.8, 4) is 0 Å². The fourth-order valence-electron chi connectivity index (χ4n) is 2.44. The second-order valence-electron chi connectivity index (χ2n) is 5.57. The minimum Gasteiger partial charge on any atom is -0.329 e. The zero-order valence-corrected chi connectivity index (χ0v) is 12.5.